The molecule has 0 aliphatic carbocycles. The van der Waals surface area contributed by atoms with E-state index in [-0.39, 0.29) is 5.78 Å². The molecule has 0 aromatic heterocycles. The van der Waals surface area contributed by atoms with E-state index < -0.39 is 0 Å². The molecule has 0 heterocycles. The minimum absolute atomic E-state index is 0.145. The number of carbonyl (C=O) groups excluding carboxylic acids is 1. The van der Waals surface area contributed by atoms with E-state index in [1.54, 1.807) is 24.3 Å². The number of anilines is 1. The number of nitrogens with one attached hydrogen (secondary N) is 1. The third kappa shape index (κ3) is 2.82. The van der Waals surface area contributed by atoms with Crippen LogP contribution >= 0.6 is 16.3 Å². The fourth-order valence-corrected chi connectivity index (χ4v) is 1.16. The van der Waals surface area contributed by atoms with Crippen molar-refractivity contribution in [2.45, 2.75) is 13.3 Å². The minimum Gasteiger partial charge on any atom is -0.294 e. The van der Waals surface area contributed by atoms with Gasteiger partial charge in [-0.3, -0.25) is 10.3 Å². The summed E-state index contributed by atoms with van der Waals surface area (Å²) < 4.78 is 4.53. The summed E-state index contributed by atoms with van der Waals surface area (Å²) in [5.41, 5.74) is 4.12. The Balaban J connectivity index is 2.75. The number of Topliss-reactive ketones (excluding diaryl/α,β-unsaturated/α-hetero) is 1. The summed E-state index contributed by atoms with van der Waals surface area (Å²) in [5, 5.41) is 0. The first kappa shape index (κ1) is 10.2. The number of carbonyl (C=O) groups is 1. The fraction of sp³-hybridized carbons (Fsp3) is 0.222. The number of rotatable bonds is 4. The molecular weight excluding hydrogens is 234 g/mol. The van der Waals surface area contributed by atoms with Crippen molar-refractivity contribution >= 4 is 27.7 Å². The summed E-state index contributed by atoms with van der Waals surface area (Å²) in [6.45, 7) is 1.84. The number of benzene rings is 1. The van der Waals surface area contributed by atoms with Crippen LogP contribution in [0, 0.1) is 0 Å². The lowest BCUT2D eigenvalue weighted by atomic mass is 10.1. The second-order valence-corrected chi connectivity index (χ2v) is 2.86. The topological polar surface area (TPSA) is 38.3 Å². The van der Waals surface area contributed by atoms with Crippen LogP contribution in [0.3, 0.4) is 0 Å². The van der Waals surface area contributed by atoms with Gasteiger partial charge in [0.2, 0.25) is 0 Å². The molecule has 1 aromatic rings. The van der Waals surface area contributed by atoms with Gasteiger partial charge in [0.1, 0.15) is 16.3 Å². The summed E-state index contributed by atoms with van der Waals surface area (Å²) in [6.07, 6.45) is 0.529. The van der Waals surface area contributed by atoms with Crippen LogP contribution in [0.5, 0.6) is 0 Å². The lowest BCUT2D eigenvalue weighted by molar-refractivity contribution is 0.0988. The smallest absolute Gasteiger partial charge is 0.162 e. The Labute approximate surface area is 85.5 Å². The van der Waals surface area contributed by atoms with Gasteiger partial charge in [-0.05, 0) is 24.3 Å². The molecule has 0 amide bonds. The fourth-order valence-electron chi connectivity index (χ4n) is 0.973. The van der Waals surface area contributed by atoms with E-state index in [4.69, 9.17) is 0 Å². The van der Waals surface area contributed by atoms with Crippen LogP contribution in [0.15, 0.2) is 24.3 Å². The van der Waals surface area contributed by atoms with E-state index >= 15 is 0 Å². The highest BCUT2D eigenvalue weighted by atomic mass is 79.9. The van der Waals surface area contributed by atoms with Crippen LogP contribution in [0.1, 0.15) is 23.7 Å². The first-order chi connectivity index (χ1) is 6.27. The molecule has 0 aliphatic rings. The molecule has 0 fully saturated rings. The lowest BCUT2D eigenvalue weighted by Gasteiger charge is -2.01. The second-order valence-electron chi connectivity index (χ2n) is 2.53. The Morgan fingerprint density at radius 3 is 2.54 bits per heavy atom. The molecule has 0 saturated heterocycles. The molecule has 3 nitrogen and oxygen atoms in total. The molecule has 0 atom stereocenters. The molecule has 13 heavy (non-hydrogen) atoms. The highest BCUT2D eigenvalue weighted by molar-refractivity contribution is 9.06. The number of halogens is 1. The Morgan fingerprint density at radius 1 is 1.46 bits per heavy atom. The molecule has 70 valence electrons. The van der Waals surface area contributed by atoms with Gasteiger partial charge in [0.25, 0.3) is 0 Å². The van der Waals surface area contributed by atoms with Gasteiger partial charge < -0.3 is 0 Å². The van der Waals surface area contributed by atoms with Gasteiger partial charge in [-0.2, -0.15) is 3.93 Å². The van der Waals surface area contributed by atoms with E-state index in [9.17, 15) is 4.79 Å². The van der Waals surface area contributed by atoms with Gasteiger partial charge in [-0.1, -0.05) is 6.92 Å². The second kappa shape index (κ2) is 4.99. The normalized spacial score (nSPS) is 9.69. The highest BCUT2D eigenvalue weighted by Gasteiger charge is 2.01. The molecule has 0 radical (unpaired) electrons. The van der Waals surface area contributed by atoms with E-state index in [0.717, 1.165) is 11.3 Å². The Kier molecular flexibility index (Phi) is 3.92. The third-order valence-corrected chi connectivity index (χ3v) is 1.85. The van der Waals surface area contributed by atoms with Crippen LogP contribution in [-0.2, 0) is 3.93 Å². The summed E-state index contributed by atoms with van der Waals surface area (Å²) >= 11 is 2.77. The van der Waals surface area contributed by atoms with Gasteiger partial charge in [-0.25, -0.2) is 0 Å². The van der Waals surface area contributed by atoms with Crippen LogP contribution < -0.4 is 5.48 Å². The summed E-state index contributed by atoms with van der Waals surface area (Å²) in [5.74, 6) is 0.145. The van der Waals surface area contributed by atoms with Crippen molar-refractivity contribution < 1.29 is 8.72 Å². The summed E-state index contributed by atoms with van der Waals surface area (Å²) in [4.78, 5) is 11.2. The first-order valence-corrected chi connectivity index (χ1v) is 4.59. The maximum absolute atomic E-state index is 11.2. The molecule has 4 heteroatoms. The SMILES string of the molecule is CCC(=O)c1ccc(NOBr)cc1. The largest absolute Gasteiger partial charge is 0.294 e. The van der Waals surface area contributed by atoms with Crippen molar-refractivity contribution in [3.63, 3.8) is 0 Å². The molecule has 0 unspecified atom stereocenters. The monoisotopic (exact) mass is 243 g/mol. The van der Waals surface area contributed by atoms with Crippen LogP contribution in [0.25, 0.3) is 0 Å². The van der Waals surface area contributed by atoms with Crippen LogP contribution in [0.4, 0.5) is 5.69 Å². The Morgan fingerprint density at radius 2 is 2.08 bits per heavy atom. The predicted molar refractivity (Wildman–Crippen MR) is 54.7 cm³/mol. The van der Waals surface area contributed by atoms with E-state index in [2.05, 4.69) is 25.7 Å². The van der Waals surface area contributed by atoms with E-state index in [1.807, 2.05) is 6.92 Å². The van der Waals surface area contributed by atoms with E-state index in [0.29, 0.717) is 6.42 Å². The molecule has 0 aliphatic heterocycles. The van der Waals surface area contributed by atoms with E-state index in [1.165, 1.54) is 0 Å². The van der Waals surface area contributed by atoms with Gasteiger partial charge in [0.05, 0.1) is 5.69 Å². The molecule has 0 saturated carbocycles. The van der Waals surface area contributed by atoms with Crippen molar-refractivity contribution in [1.29, 1.82) is 0 Å². The summed E-state index contributed by atoms with van der Waals surface area (Å²) in [7, 11) is 0. The predicted octanol–water partition coefficient (Wildman–Crippen LogP) is 2.93. The maximum Gasteiger partial charge on any atom is 0.162 e. The molecule has 1 rings (SSSR count). The molecule has 0 spiro atoms. The Hall–Kier alpha value is -0.870. The zero-order valence-electron chi connectivity index (χ0n) is 7.21. The lowest BCUT2D eigenvalue weighted by Crippen LogP contribution is -1.97. The van der Waals surface area contributed by atoms with Crippen molar-refractivity contribution in [3.8, 4) is 0 Å². The Bertz CT molecular complexity index is 284. The van der Waals surface area contributed by atoms with Crippen molar-refractivity contribution in [2.24, 2.45) is 0 Å². The van der Waals surface area contributed by atoms with Gasteiger partial charge in [0, 0.05) is 12.0 Å². The first-order valence-electron chi connectivity index (χ1n) is 3.94. The van der Waals surface area contributed by atoms with Crippen LogP contribution in [-0.4, -0.2) is 5.78 Å². The average molecular weight is 244 g/mol. The quantitative estimate of drug-likeness (QED) is 0.653. The standard InChI is InChI=1S/C9H10BrNO2/c1-2-9(12)7-3-5-8(6-4-7)11-13-10/h3-6,11H,2H2,1H3. The highest BCUT2D eigenvalue weighted by Crippen LogP contribution is 2.11. The van der Waals surface area contributed by atoms with Gasteiger partial charge in [-0.15, -0.1) is 0 Å². The number of ketones is 1. The van der Waals surface area contributed by atoms with Crippen LogP contribution in [0.2, 0.25) is 0 Å². The molecular formula is C9H10BrNO2. The number of hydrogen-bond donors (Lipinski definition) is 1. The zero-order chi connectivity index (χ0) is 9.68. The van der Waals surface area contributed by atoms with Gasteiger partial charge >= 0.3 is 0 Å². The third-order valence-electron chi connectivity index (χ3n) is 1.68. The minimum atomic E-state index is 0.145. The van der Waals surface area contributed by atoms with Crippen molar-refractivity contribution in [3.05, 3.63) is 29.8 Å². The summed E-state index contributed by atoms with van der Waals surface area (Å²) in [6, 6.07) is 7.09. The number of hydrogen-bond acceptors (Lipinski definition) is 3. The maximum atomic E-state index is 11.2. The molecule has 1 N–H and O–H groups in total. The van der Waals surface area contributed by atoms with Gasteiger partial charge in [0.15, 0.2) is 5.78 Å². The molecule has 0 bridgehead atoms. The molecule has 1 aromatic carbocycles. The zero-order valence-corrected chi connectivity index (χ0v) is 8.80. The average Bonchev–Trinajstić information content (AvgIpc) is 2.18. The van der Waals surface area contributed by atoms with Crippen molar-refractivity contribution in [2.75, 3.05) is 5.48 Å². The van der Waals surface area contributed by atoms with Crippen molar-refractivity contribution in [1.82, 2.24) is 0 Å².